The molecule has 0 spiro atoms. The van der Waals surface area contributed by atoms with Crippen LogP contribution < -0.4 is 16.3 Å². The number of carbonyl (C=O) groups excluding carboxylic acids is 5. The number of ether oxygens (including phenoxy) is 5. The van der Waals surface area contributed by atoms with E-state index >= 15 is 0 Å². The van der Waals surface area contributed by atoms with Crippen molar-refractivity contribution in [1.29, 1.82) is 0 Å². The second-order valence-corrected chi connectivity index (χ2v) is 27.1. The third kappa shape index (κ3) is 33.2. The molecule has 0 amide bonds. The number of aryl methyl sites for hydroxylation is 11. The summed E-state index contributed by atoms with van der Waals surface area (Å²) in [5, 5.41) is 2.73. The quantitative estimate of drug-likeness (QED) is 0.115. The van der Waals surface area contributed by atoms with Gasteiger partial charge < -0.3 is 28.7 Å². The predicted molar refractivity (Wildman–Crippen MR) is 406 cm³/mol. The van der Waals surface area contributed by atoms with E-state index in [1.54, 1.807) is 113 Å². The number of methoxy groups -OCH3 is 3. The van der Waals surface area contributed by atoms with Gasteiger partial charge in [0.05, 0.1) is 87.8 Å². The minimum atomic E-state index is -4.23. The number of H-pyrrole nitrogens is 1. The smallest absolute Gasteiger partial charge is 0.416 e. The number of aromatic nitrogens is 2. The molecule has 0 aliphatic carbocycles. The molecule has 0 bridgehead atoms. The number of hydrogen-bond donors (Lipinski definition) is 1. The lowest BCUT2D eigenvalue weighted by Gasteiger charge is -2.19. The van der Waals surface area contributed by atoms with Gasteiger partial charge in [-0.25, -0.2) is 37.4 Å². The summed E-state index contributed by atoms with van der Waals surface area (Å²) < 4.78 is 82.1. The molecule has 0 radical (unpaired) electrons. The van der Waals surface area contributed by atoms with Gasteiger partial charge in [-0.2, -0.15) is 13.2 Å². The SMILES string of the molecule is CCOC(=O)c1ccc(C)cc1.COC(=O)c1ccc(C)cc1.COC(=O)c1cccc(C)c1.COC(=O)c1ccccc1C.Cc1cc(C)cc(C(F)(F)F)c1.Cc1ccc(C(=O)OC(C)(C)C)cc1.Cc1ccc(S(C)(=O)=O)cc1.Cc1ccc2c(c1)=NCN=2.Cc1ccc2nc(C)[nH]c(=O)c2c1. The van der Waals surface area contributed by atoms with Crippen molar-refractivity contribution >= 4 is 50.6 Å². The maximum absolute atomic E-state index is 12.1. The van der Waals surface area contributed by atoms with E-state index in [1.807, 2.05) is 160 Å². The van der Waals surface area contributed by atoms with Crippen LogP contribution in [-0.2, 0) is 39.7 Å². The molecule has 0 fully saturated rings. The van der Waals surface area contributed by atoms with Gasteiger partial charge >= 0.3 is 36.0 Å². The lowest BCUT2D eigenvalue weighted by atomic mass is 10.1. The molecule has 105 heavy (non-hydrogen) atoms. The summed E-state index contributed by atoms with van der Waals surface area (Å²) in [4.78, 5) is 82.6. The zero-order valence-electron chi connectivity index (χ0n) is 63.2. The van der Waals surface area contributed by atoms with Gasteiger partial charge in [-0.3, -0.25) is 14.8 Å². The van der Waals surface area contributed by atoms with Crippen molar-refractivity contribution < 1.29 is 69.2 Å². The Balaban J connectivity index is 0.000000307. The molecule has 11 rings (SSSR count). The Labute approximate surface area is 614 Å². The maximum Gasteiger partial charge on any atom is 0.416 e. The van der Waals surface area contributed by atoms with Gasteiger partial charge in [0.15, 0.2) is 9.84 Å². The topological polar surface area (TPSA) is 236 Å². The van der Waals surface area contributed by atoms with Crippen molar-refractivity contribution in [3.05, 3.63) is 316 Å². The summed E-state index contributed by atoms with van der Waals surface area (Å²) in [5.74, 6) is -0.710. The number of carbonyl (C=O) groups is 5. The fourth-order valence-electron chi connectivity index (χ4n) is 8.91. The van der Waals surface area contributed by atoms with E-state index in [-0.39, 0.29) is 35.4 Å². The van der Waals surface area contributed by atoms with Gasteiger partial charge in [-0.05, 0) is 218 Å². The summed E-state index contributed by atoms with van der Waals surface area (Å²) >= 11 is 0. The molecule has 0 saturated carbocycles. The minimum Gasteiger partial charge on any atom is -0.465 e. The molecule has 556 valence electrons. The molecular weight excluding hydrogens is 1360 g/mol. The van der Waals surface area contributed by atoms with Crippen molar-refractivity contribution in [2.24, 2.45) is 9.98 Å². The van der Waals surface area contributed by atoms with Crippen LogP contribution >= 0.6 is 0 Å². The summed E-state index contributed by atoms with van der Waals surface area (Å²) in [6, 6.07) is 59.2. The number of halogens is 3. The molecule has 10 aromatic rings. The summed E-state index contributed by atoms with van der Waals surface area (Å²) in [6.45, 7) is 29.2. The van der Waals surface area contributed by atoms with Crippen LogP contribution in [0.3, 0.4) is 0 Å². The molecule has 17 nitrogen and oxygen atoms in total. The number of nitrogens with one attached hydrogen (secondary N) is 1. The molecule has 1 aliphatic heterocycles. The molecule has 1 aromatic heterocycles. The summed E-state index contributed by atoms with van der Waals surface area (Å²) in [5.41, 5.74) is 12.8. The number of sulfone groups is 1. The van der Waals surface area contributed by atoms with Gasteiger partial charge in [-0.15, -0.1) is 0 Å². The number of aromatic amines is 1. The van der Waals surface area contributed by atoms with Gasteiger partial charge in [0, 0.05) is 6.26 Å². The van der Waals surface area contributed by atoms with E-state index in [9.17, 15) is 50.4 Å². The molecule has 1 N–H and O–H groups in total. The fraction of sp³-hybridized carbons (Fsp3) is 0.274. The average molecular weight is 1460 g/mol. The Morgan fingerprint density at radius 1 is 0.457 bits per heavy atom. The summed E-state index contributed by atoms with van der Waals surface area (Å²) in [7, 11) is 1.12. The molecular formula is C84H95F3N4O13S. The molecule has 0 unspecified atom stereocenters. The Morgan fingerprint density at radius 3 is 1.36 bits per heavy atom. The highest BCUT2D eigenvalue weighted by atomic mass is 32.2. The highest BCUT2D eigenvalue weighted by Crippen LogP contribution is 2.30. The van der Waals surface area contributed by atoms with Crippen LogP contribution in [0, 0.1) is 76.2 Å². The second kappa shape index (κ2) is 43.0. The zero-order chi connectivity index (χ0) is 78.8. The molecule has 0 saturated heterocycles. The van der Waals surface area contributed by atoms with Crippen molar-refractivity contribution in [3.8, 4) is 0 Å². The zero-order valence-corrected chi connectivity index (χ0v) is 64.0. The van der Waals surface area contributed by atoms with Gasteiger partial charge in [0.2, 0.25) is 0 Å². The predicted octanol–water partition coefficient (Wildman–Crippen LogP) is 16.9. The van der Waals surface area contributed by atoms with Crippen LogP contribution in [0.5, 0.6) is 0 Å². The van der Waals surface area contributed by atoms with E-state index in [0.29, 0.717) is 68.3 Å². The largest absolute Gasteiger partial charge is 0.465 e. The van der Waals surface area contributed by atoms with E-state index in [2.05, 4.69) is 53.2 Å². The van der Waals surface area contributed by atoms with Crippen LogP contribution in [-0.4, -0.2) is 94.7 Å². The van der Waals surface area contributed by atoms with Gasteiger partial charge in [0.25, 0.3) is 5.56 Å². The van der Waals surface area contributed by atoms with Gasteiger partial charge in [-0.1, -0.05) is 142 Å². The summed E-state index contributed by atoms with van der Waals surface area (Å²) in [6.07, 6.45) is -3.02. The highest BCUT2D eigenvalue weighted by molar-refractivity contribution is 7.90. The second-order valence-electron chi connectivity index (χ2n) is 25.1. The number of hydrogen-bond acceptors (Lipinski definition) is 16. The number of alkyl halides is 3. The number of fused-ring (bicyclic) bond motifs is 2. The molecule has 2 heterocycles. The van der Waals surface area contributed by atoms with Crippen LogP contribution in [0.2, 0.25) is 0 Å². The number of esters is 5. The number of nitrogens with zero attached hydrogens (tertiary/aromatic N) is 3. The molecule has 1 aliphatic rings. The molecule has 9 aromatic carbocycles. The van der Waals surface area contributed by atoms with Crippen LogP contribution in [0.1, 0.15) is 147 Å². The van der Waals surface area contributed by atoms with E-state index in [0.717, 1.165) is 67.3 Å². The average Bonchev–Trinajstić information content (AvgIpc) is 1.35. The first-order valence-corrected chi connectivity index (χ1v) is 35.0. The van der Waals surface area contributed by atoms with Crippen LogP contribution in [0.15, 0.2) is 220 Å². The van der Waals surface area contributed by atoms with Crippen LogP contribution in [0.25, 0.3) is 10.9 Å². The Hall–Kier alpha value is -11.2. The van der Waals surface area contributed by atoms with Gasteiger partial charge in [0.1, 0.15) is 18.1 Å². The van der Waals surface area contributed by atoms with E-state index < -0.39 is 27.2 Å². The Bertz CT molecular complexity index is 4780. The Kier molecular flexibility index (Phi) is 36.1. The third-order valence-corrected chi connectivity index (χ3v) is 15.4. The number of rotatable bonds is 7. The standard InChI is InChI=1S/C12H16O2.C10H10N2O.C10H12O2.C9H9F3.3C9H10O2.C8H8N2.C8H10O2S/c1-9-5-7-10(8-6-9)11(13)14-12(2,3)4;1-6-3-4-9-8(5-6)10(13)12-7(2)11-9;1-3-12-10(11)9-6-4-8(2)5-7-9;1-6-3-7(2)5-8(4-6)9(10,11)12;1-7-3-5-8(6-4-7)9(10)11-2;1-7-4-3-5-8(6-7)9(10)11-2;1-7-5-3-4-6-8(7)9(10)11-2;1-6-2-3-7-8(4-6)10-5-9-7;1-7-3-5-8(6-4-7)11(2,9)10/h5-8H,1-4H3;3-5H,1-2H3,(H,11,12,13);4-7H,3H2,1-2H3;3-5H,1-2H3;3*3-6H,1-2H3;2-4H,5H2,1H3;3-6H,1-2H3. The lowest BCUT2D eigenvalue weighted by molar-refractivity contribution is -0.137. The first-order valence-electron chi connectivity index (χ1n) is 33.1. The lowest BCUT2D eigenvalue weighted by Crippen LogP contribution is -2.23. The normalized spacial score (nSPS) is 10.6. The Morgan fingerprint density at radius 2 is 0.895 bits per heavy atom. The fourth-order valence-corrected chi connectivity index (χ4v) is 9.55. The van der Waals surface area contributed by atoms with Crippen molar-refractivity contribution in [1.82, 2.24) is 9.97 Å². The minimum absolute atomic E-state index is 0.0637. The highest BCUT2D eigenvalue weighted by Gasteiger charge is 2.30. The van der Waals surface area contributed by atoms with E-state index in [4.69, 9.17) is 9.47 Å². The third-order valence-electron chi connectivity index (χ3n) is 14.3. The van der Waals surface area contributed by atoms with Crippen LogP contribution in [0.4, 0.5) is 13.2 Å². The van der Waals surface area contributed by atoms with Crippen molar-refractivity contribution in [2.45, 2.75) is 121 Å². The molecule has 21 heteroatoms. The molecule has 0 atom stereocenters. The first kappa shape index (κ1) is 88.0. The van der Waals surface area contributed by atoms with Crippen molar-refractivity contribution in [3.63, 3.8) is 0 Å². The van der Waals surface area contributed by atoms with E-state index in [1.165, 1.54) is 33.1 Å². The monoisotopic (exact) mass is 1460 g/mol. The van der Waals surface area contributed by atoms with Crippen molar-refractivity contribution in [2.75, 3.05) is 40.9 Å². The number of benzene rings is 9. The first-order chi connectivity index (χ1) is 49.3. The maximum atomic E-state index is 12.1.